The van der Waals surface area contributed by atoms with Gasteiger partial charge in [-0.3, -0.25) is 14.6 Å². The summed E-state index contributed by atoms with van der Waals surface area (Å²) in [5.41, 5.74) is 7.00. The fourth-order valence-corrected chi connectivity index (χ4v) is 5.50. The zero-order chi connectivity index (χ0) is 28.9. The van der Waals surface area contributed by atoms with Gasteiger partial charge >= 0.3 is 0 Å². The van der Waals surface area contributed by atoms with Gasteiger partial charge in [0.1, 0.15) is 5.82 Å². The fraction of sp³-hybridized carbons (Fsp3) is 0.385. The number of furan rings is 1. The molecule has 41 heavy (non-hydrogen) atoms. The molecule has 11 nitrogen and oxygen atoms in total. The number of anilines is 3. The molecule has 1 amide bonds. The maximum atomic E-state index is 14.6. The molecule has 1 fully saturated rings. The Bertz CT molecular complexity index is 1500. The molecule has 1 aromatic carbocycles. The van der Waals surface area contributed by atoms with Crippen molar-refractivity contribution in [1.29, 1.82) is 0 Å². The summed E-state index contributed by atoms with van der Waals surface area (Å²) in [5, 5.41) is 4.41. The third-order valence-electron chi connectivity index (χ3n) is 6.71. The number of amides is 1. The number of carbonyl (C=O) groups is 1. The molecule has 0 aliphatic carbocycles. The van der Waals surface area contributed by atoms with Crippen LogP contribution in [-0.4, -0.2) is 95.0 Å². The number of nitrogens with two attached hydrogens (primary N) is 1. The Morgan fingerprint density at radius 1 is 1.17 bits per heavy atom. The first-order chi connectivity index (χ1) is 19.9. The maximum absolute atomic E-state index is 14.6. The van der Waals surface area contributed by atoms with E-state index in [1.165, 1.54) is 33.5 Å². The van der Waals surface area contributed by atoms with E-state index >= 15 is 0 Å². The molecule has 0 bridgehead atoms. The molecule has 0 saturated carbocycles. The second-order valence-corrected chi connectivity index (χ2v) is 11.0. The summed E-state index contributed by atoms with van der Waals surface area (Å²) < 4.78 is 41.2. The molecule has 3 aromatic heterocycles. The van der Waals surface area contributed by atoms with Gasteiger partial charge in [0, 0.05) is 57.2 Å². The van der Waals surface area contributed by atoms with Crippen LogP contribution in [0.25, 0.3) is 17.2 Å². The molecule has 218 valence electrons. The number of nitrogens with zero attached hydrogens (tertiary/aromatic N) is 7. The van der Waals surface area contributed by atoms with Gasteiger partial charge in [-0.05, 0) is 24.6 Å². The van der Waals surface area contributed by atoms with Gasteiger partial charge in [-0.25, -0.2) is 13.8 Å². The van der Waals surface area contributed by atoms with Crippen molar-refractivity contribution in [3.63, 3.8) is 0 Å². The largest absolute Gasteiger partial charge is 0.490 e. The van der Waals surface area contributed by atoms with Gasteiger partial charge in [0.05, 0.1) is 23.5 Å². The van der Waals surface area contributed by atoms with Crippen molar-refractivity contribution in [2.45, 2.75) is 4.90 Å². The van der Waals surface area contributed by atoms with Crippen LogP contribution in [0.1, 0.15) is 0 Å². The van der Waals surface area contributed by atoms with Crippen molar-refractivity contribution >= 4 is 53.0 Å². The van der Waals surface area contributed by atoms with Crippen molar-refractivity contribution in [3.05, 3.63) is 42.2 Å². The second-order valence-electron chi connectivity index (χ2n) is 9.18. The summed E-state index contributed by atoms with van der Waals surface area (Å²) >= 11 is 2.98. The van der Waals surface area contributed by atoms with Gasteiger partial charge in [-0.1, -0.05) is 0 Å². The Labute approximate surface area is 244 Å². The lowest BCUT2D eigenvalue weighted by atomic mass is 10.2. The Hall–Kier alpha value is -3.56. The van der Waals surface area contributed by atoms with E-state index in [4.69, 9.17) is 14.9 Å². The normalized spacial score (nSPS) is 14.1. The minimum Gasteiger partial charge on any atom is -0.490 e. The number of halogens is 2. The highest BCUT2D eigenvalue weighted by Crippen LogP contribution is 2.33. The van der Waals surface area contributed by atoms with Gasteiger partial charge in [-0.2, -0.15) is 21.3 Å². The number of aromatic nitrogens is 4. The molecule has 1 aliphatic heterocycles. The number of thioether (sulfide) groups is 2. The first kappa shape index (κ1) is 29.0. The molecule has 0 radical (unpaired) electrons. The topological polar surface area (TPSA) is 118 Å². The van der Waals surface area contributed by atoms with Crippen molar-refractivity contribution in [2.24, 2.45) is 0 Å². The van der Waals surface area contributed by atoms with E-state index in [9.17, 15) is 13.6 Å². The molecule has 1 saturated heterocycles. The van der Waals surface area contributed by atoms with Crippen LogP contribution in [0.2, 0.25) is 0 Å². The average molecular weight is 605 g/mol. The lowest BCUT2D eigenvalue weighted by Crippen LogP contribution is -2.48. The van der Waals surface area contributed by atoms with Gasteiger partial charge in [0.25, 0.3) is 0 Å². The quantitative estimate of drug-likeness (QED) is 0.145. The number of hydrogen-bond acceptors (Lipinski definition) is 11. The number of benzene rings is 1. The zero-order valence-corrected chi connectivity index (χ0v) is 24.3. The van der Waals surface area contributed by atoms with Crippen LogP contribution in [0.15, 0.2) is 39.8 Å². The smallest absolute Gasteiger partial charge is 0.225 e. The van der Waals surface area contributed by atoms with Gasteiger partial charge < -0.3 is 19.8 Å². The highest BCUT2D eigenvalue weighted by Gasteiger charge is 2.25. The minimum atomic E-state index is -0.708. The van der Waals surface area contributed by atoms with Crippen LogP contribution < -0.4 is 20.3 Å². The van der Waals surface area contributed by atoms with Gasteiger partial charge in [-0.15, -0.1) is 16.9 Å². The molecule has 4 heterocycles. The predicted molar refractivity (Wildman–Crippen MR) is 157 cm³/mol. The monoisotopic (exact) mass is 604 g/mol. The summed E-state index contributed by atoms with van der Waals surface area (Å²) in [7, 11) is 0. The number of fused-ring (bicyclic) bond motifs is 1. The number of nitrogen functional groups attached to an aromatic ring is 1. The van der Waals surface area contributed by atoms with Crippen LogP contribution in [0.3, 0.4) is 0 Å². The van der Waals surface area contributed by atoms with Crippen LogP contribution in [0.5, 0.6) is 5.75 Å². The number of rotatable bonds is 12. The summed E-state index contributed by atoms with van der Waals surface area (Å²) in [6.07, 6.45) is 6.07. The lowest BCUT2D eigenvalue weighted by molar-refractivity contribution is -0.107. The van der Waals surface area contributed by atoms with Crippen LogP contribution in [-0.2, 0) is 4.79 Å². The third kappa shape index (κ3) is 6.21. The SMILES string of the molecule is CSCCOc1cc(N2CCN(CCN(C=O)c3nc(N)n4nc(-c5ccco5)nc4c3SC)CC2)c(F)cc1F. The molecule has 4 aromatic rings. The molecule has 0 unspecified atom stereocenters. The Morgan fingerprint density at radius 2 is 1.98 bits per heavy atom. The van der Waals surface area contributed by atoms with E-state index < -0.39 is 11.6 Å². The molecule has 2 N–H and O–H groups in total. The summed E-state index contributed by atoms with van der Waals surface area (Å²) in [4.78, 5) is 27.5. The van der Waals surface area contributed by atoms with E-state index in [2.05, 4.69) is 20.0 Å². The molecule has 1 aliphatic rings. The predicted octanol–water partition coefficient (Wildman–Crippen LogP) is 3.49. The van der Waals surface area contributed by atoms with Crippen LogP contribution in [0, 0.1) is 11.6 Å². The third-order valence-corrected chi connectivity index (χ3v) is 8.06. The van der Waals surface area contributed by atoms with E-state index in [1.807, 2.05) is 17.4 Å². The molecule has 0 spiro atoms. The maximum Gasteiger partial charge on any atom is 0.225 e. The Balaban J connectivity index is 1.25. The van der Waals surface area contributed by atoms with E-state index in [0.717, 1.165) is 12.5 Å². The summed E-state index contributed by atoms with van der Waals surface area (Å²) in [5.74, 6) is 0.788. The second kappa shape index (κ2) is 13.0. The molecule has 0 atom stereocenters. The van der Waals surface area contributed by atoms with E-state index in [1.54, 1.807) is 23.9 Å². The highest BCUT2D eigenvalue weighted by atomic mass is 32.2. The minimum absolute atomic E-state index is 0.0526. The summed E-state index contributed by atoms with van der Waals surface area (Å²) in [6, 6.07) is 5.81. The first-order valence-corrected chi connectivity index (χ1v) is 15.5. The lowest BCUT2D eigenvalue weighted by Gasteiger charge is -2.37. The van der Waals surface area contributed by atoms with Crippen molar-refractivity contribution in [3.8, 4) is 17.3 Å². The highest BCUT2D eigenvalue weighted by molar-refractivity contribution is 7.99. The molecule has 15 heteroatoms. The van der Waals surface area contributed by atoms with Crippen LogP contribution in [0.4, 0.5) is 26.2 Å². The molecular weight excluding hydrogens is 574 g/mol. The summed E-state index contributed by atoms with van der Waals surface area (Å²) in [6.45, 7) is 3.61. The van der Waals surface area contributed by atoms with E-state index in [0.29, 0.717) is 85.3 Å². The number of hydrogen-bond donors (Lipinski definition) is 1. The number of carbonyl (C=O) groups excluding carboxylic acids is 1. The Kier molecular flexibility index (Phi) is 9.15. The van der Waals surface area contributed by atoms with E-state index in [-0.39, 0.29) is 11.7 Å². The molecule has 5 rings (SSSR count). The van der Waals surface area contributed by atoms with Gasteiger partial charge in [0.2, 0.25) is 18.2 Å². The molecular formula is C26H30F2N8O3S2. The average Bonchev–Trinajstić information content (AvgIpc) is 3.66. The van der Waals surface area contributed by atoms with Gasteiger partial charge in [0.15, 0.2) is 28.8 Å². The van der Waals surface area contributed by atoms with Crippen molar-refractivity contribution in [1.82, 2.24) is 24.5 Å². The van der Waals surface area contributed by atoms with Crippen molar-refractivity contribution < 1.29 is 22.7 Å². The standard InChI is InChI=1S/C26H30F2N8O3S2/c1-40-13-12-39-21-15-19(17(27)14-18(21)28)34-8-5-33(6-9-34)7-10-35(16-37)24-22(41-2)25-30-23(20-4-3-11-38-20)32-36(25)26(29)31-24/h3-4,11,14-16H,5-10,12-13H2,1-2H3,(H2,29,31). The number of piperazine rings is 1. The Morgan fingerprint density at radius 3 is 2.66 bits per heavy atom. The number of ether oxygens (including phenoxy) is 1. The zero-order valence-electron chi connectivity index (χ0n) is 22.6. The van der Waals surface area contributed by atoms with Crippen molar-refractivity contribution in [2.75, 3.05) is 79.7 Å². The first-order valence-electron chi connectivity index (χ1n) is 12.9. The van der Waals surface area contributed by atoms with Crippen LogP contribution >= 0.6 is 23.5 Å². The fourth-order valence-electron chi connectivity index (χ4n) is 4.59.